The average molecular weight is 504 g/mol. The number of nitrogens with zero attached hydrogens (tertiary/aromatic N) is 4. The Kier molecular flexibility index (Phi) is 6.81. The second-order valence-electron chi connectivity index (χ2n) is 7.08. The molecule has 162 valence electrons. The molecule has 3 aromatic rings. The Hall–Kier alpha value is -2.53. The number of anilines is 2. The van der Waals surface area contributed by atoms with E-state index in [1.807, 2.05) is 18.2 Å². The number of aromatic nitrogens is 2. The maximum absolute atomic E-state index is 13.0. The molecule has 0 radical (unpaired) electrons. The topological polar surface area (TPSA) is 102 Å². The number of carbonyl (C=O) groups excluding carboxylic acids is 1. The van der Waals surface area contributed by atoms with Crippen molar-refractivity contribution in [3.05, 3.63) is 51.9 Å². The molecule has 8 nitrogen and oxygen atoms in total. The van der Waals surface area contributed by atoms with Gasteiger partial charge in [-0.25, -0.2) is 9.97 Å². The van der Waals surface area contributed by atoms with Gasteiger partial charge in [0.15, 0.2) is 0 Å². The van der Waals surface area contributed by atoms with E-state index in [0.29, 0.717) is 44.4 Å². The van der Waals surface area contributed by atoms with Crippen LogP contribution in [0.4, 0.5) is 11.6 Å². The van der Waals surface area contributed by atoms with Gasteiger partial charge in [0, 0.05) is 44.6 Å². The van der Waals surface area contributed by atoms with Crippen LogP contribution >= 0.6 is 27.3 Å². The van der Waals surface area contributed by atoms with Crippen molar-refractivity contribution in [1.29, 1.82) is 0 Å². The van der Waals surface area contributed by atoms with Crippen molar-refractivity contribution < 1.29 is 15.0 Å². The van der Waals surface area contributed by atoms with E-state index in [2.05, 4.69) is 36.1 Å². The number of aromatic hydroxyl groups is 1. The molecule has 0 unspecified atom stereocenters. The molecule has 1 saturated heterocycles. The van der Waals surface area contributed by atoms with Gasteiger partial charge in [0.25, 0.3) is 5.91 Å². The Balaban J connectivity index is 1.49. The molecule has 3 N–H and O–H groups in total. The molecule has 31 heavy (non-hydrogen) atoms. The van der Waals surface area contributed by atoms with Crippen molar-refractivity contribution >= 4 is 44.8 Å². The Morgan fingerprint density at radius 2 is 1.97 bits per heavy atom. The lowest BCUT2D eigenvalue weighted by Gasteiger charge is -2.34. The van der Waals surface area contributed by atoms with Gasteiger partial charge in [0.1, 0.15) is 5.75 Å². The van der Waals surface area contributed by atoms with Crippen LogP contribution in [0.2, 0.25) is 0 Å². The number of β-amino-alcohol motifs (C(OH)–C–C–N with tert-alkyl or cyclic N) is 1. The third-order valence-electron chi connectivity index (χ3n) is 5.04. The number of aliphatic hydroxyl groups excluding tert-OH is 1. The van der Waals surface area contributed by atoms with Gasteiger partial charge >= 0.3 is 0 Å². The van der Waals surface area contributed by atoms with E-state index >= 15 is 0 Å². The molecule has 1 aliphatic rings. The van der Waals surface area contributed by atoms with Crippen molar-refractivity contribution in [2.24, 2.45) is 0 Å². The zero-order valence-electron chi connectivity index (χ0n) is 16.7. The van der Waals surface area contributed by atoms with E-state index < -0.39 is 0 Å². The quantitative estimate of drug-likeness (QED) is 0.444. The Morgan fingerprint density at radius 3 is 2.68 bits per heavy atom. The number of halogens is 1. The normalized spacial score (nSPS) is 14.6. The molecule has 0 atom stereocenters. The molecule has 1 aliphatic heterocycles. The second-order valence-corrected chi connectivity index (χ2v) is 9.55. The third kappa shape index (κ3) is 5.21. The van der Waals surface area contributed by atoms with Crippen molar-refractivity contribution in [2.45, 2.75) is 0 Å². The van der Waals surface area contributed by atoms with Crippen LogP contribution in [0.25, 0.3) is 10.6 Å². The summed E-state index contributed by atoms with van der Waals surface area (Å²) in [6.45, 7) is 3.22. The molecule has 10 heteroatoms. The molecule has 0 bridgehead atoms. The fourth-order valence-corrected chi connectivity index (χ4v) is 4.76. The van der Waals surface area contributed by atoms with Crippen LogP contribution in [0.5, 0.6) is 5.75 Å². The predicted molar refractivity (Wildman–Crippen MR) is 124 cm³/mol. The zero-order chi connectivity index (χ0) is 21.8. The number of hydrogen-bond acceptors (Lipinski definition) is 8. The monoisotopic (exact) mass is 503 g/mol. The molecule has 1 aromatic carbocycles. The first-order valence-corrected chi connectivity index (χ1v) is 11.5. The summed E-state index contributed by atoms with van der Waals surface area (Å²) in [4.78, 5) is 26.6. The van der Waals surface area contributed by atoms with Crippen LogP contribution in [0.15, 0.2) is 46.4 Å². The van der Waals surface area contributed by atoms with Gasteiger partial charge in [-0.15, -0.1) is 11.3 Å². The Morgan fingerprint density at radius 1 is 1.16 bits per heavy atom. The van der Waals surface area contributed by atoms with Crippen LogP contribution in [-0.4, -0.2) is 75.2 Å². The minimum atomic E-state index is -0.220. The number of benzene rings is 1. The van der Waals surface area contributed by atoms with Gasteiger partial charge in [-0.3, -0.25) is 9.69 Å². The standard InChI is InChI=1S/C21H22BrN5O3S/c22-19-4-3-18(31-19)16-5-6-23-21(25-16)24-14-1-2-17(29)15(13-14)20(30)27-9-7-26(8-10-27)11-12-28/h1-6,13,28-29H,7-12H2,(H,23,24,25). The maximum atomic E-state index is 13.0. The lowest BCUT2D eigenvalue weighted by atomic mass is 10.1. The average Bonchev–Trinajstić information content (AvgIpc) is 3.22. The van der Waals surface area contributed by atoms with E-state index in [0.717, 1.165) is 14.4 Å². The molecule has 1 fully saturated rings. The first kappa shape index (κ1) is 21.7. The lowest BCUT2D eigenvalue weighted by molar-refractivity contribution is 0.0612. The summed E-state index contributed by atoms with van der Waals surface area (Å²) >= 11 is 5.04. The molecule has 1 amide bonds. The first-order valence-electron chi connectivity index (χ1n) is 9.85. The fraction of sp³-hybridized carbons (Fsp3) is 0.286. The minimum absolute atomic E-state index is 0.0635. The number of hydrogen-bond donors (Lipinski definition) is 3. The molecular weight excluding hydrogens is 482 g/mol. The van der Waals surface area contributed by atoms with Crippen molar-refractivity contribution in [1.82, 2.24) is 19.8 Å². The molecule has 0 aliphatic carbocycles. The van der Waals surface area contributed by atoms with Crippen LogP contribution in [0.1, 0.15) is 10.4 Å². The van der Waals surface area contributed by atoms with Gasteiger partial charge in [-0.2, -0.15) is 0 Å². The van der Waals surface area contributed by atoms with E-state index in [1.165, 1.54) is 6.07 Å². The van der Waals surface area contributed by atoms with E-state index in [1.54, 1.807) is 34.6 Å². The minimum Gasteiger partial charge on any atom is -0.507 e. The van der Waals surface area contributed by atoms with Gasteiger partial charge in [0.2, 0.25) is 5.95 Å². The van der Waals surface area contributed by atoms with Crippen molar-refractivity contribution in [3.8, 4) is 16.3 Å². The summed E-state index contributed by atoms with van der Waals surface area (Å²) < 4.78 is 1.02. The number of piperazine rings is 1. The third-order valence-corrected chi connectivity index (χ3v) is 6.69. The molecule has 3 heterocycles. The highest BCUT2D eigenvalue weighted by atomic mass is 79.9. The summed E-state index contributed by atoms with van der Waals surface area (Å²) in [7, 11) is 0. The lowest BCUT2D eigenvalue weighted by Crippen LogP contribution is -2.49. The summed E-state index contributed by atoms with van der Waals surface area (Å²) in [5.74, 6) is 0.123. The SMILES string of the molecule is O=C(c1cc(Nc2nccc(-c3ccc(Br)s3)n2)ccc1O)N1CCN(CCO)CC1. The van der Waals surface area contributed by atoms with Crippen molar-refractivity contribution in [2.75, 3.05) is 44.6 Å². The van der Waals surface area contributed by atoms with Gasteiger partial charge in [-0.1, -0.05) is 0 Å². The number of phenols is 1. The fourth-order valence-electron chi connectivity index (χ4n) is 3.41. The number of phenolic OH excluding ortho intramolecular Hbond substituents is 1. The molecule has 2 aromatic heterocycles. The number of aliphatic hydroxyl groups is 1. The number of nitrogens with one attached hydrogen (secondary N) is 1. The van der Waals surface area contributed by atoms with Crippen LogP contribution in [-0.2, 0) is 0 Å². The second kappa shape index (κ2) is 9.73. The zero-order valence-corrected chi connectivity index (χ0v) is 19.1. The van der Waals surface area contributed by atoms with Gasteiger partial charge < -0.3 is 20.4 Å². The number of amides is 1. The molecule has 0 spiro atoms. The largest absolute Gasteiger partial charge is 0.507 e. The smallest absolute Gasteiger partial charge is 0.257 e. The first-order chi connectivity index (χ1) is 15.0. The highest BCUT2D eigenvalue weighted by Gasteiger charge is 2.24. The number of thiophene rings is 1. The van der Waals surface area contributed by atoms with Crippen LogP contribution in [0, 0.1) is 0 Å². The summed E-state index contributed by atoms with van der Waals surface area (Å²) in [6, 6.07) is 10.6. The molecular formula is C21H22BrN5O3S. The summed E-state index contributed by atoms with van der Waals surface area (Å²) in [6.07, 6.45) is 1.68. The Labute approximate surface area is 192 Å². The molecule has 4 rings (SSSR count). The predicted octanol–water partition coefficient (Wildman–Crippen LogP) is 3.17. The van der Waals surface area contributed by atoms with E-state index in [9.17, 15) is 9.90 Å². The number of rotatable bonds is 6. The van der Waals surface area contributed by atoms with E-state index in [-0.39, 0.29) is 23.8 Å². The van der Waals surface area contributed by atoms with Gasteiger partial charge in [-0.05, 0) is 52.3 Å². The summed E-state index contributed by atoms with van der Waals surface area (Å²) in [5, 5.41) is 22.5. The van der Waals surface area contributed by atoms with Crippen molar-refractivity contribution in [3.63, 3.8) is 0 Å². The maximum Gasteiger partial charge on any atom is 0.257 e. The van der Waals surface area contributed by atoms with Crippen LogP contribution < -0.4 is 5.32 Å². The highest BCUT2D eigenvalue weighted by molar-refractivity contribution is 9.11. The number of carbonyl (C=O) groups is 1. The molecule has 0 saturated carbocycles. The van der Waals surface area contributed by atoms with Crippen LogP contribution in [0.3, 0.4) is 0 Å². The van der Waals surface area contributed by atoms with E-state index in [4.69, 9.17) is 5.11 Å². The highest BCUT2D eigenvalue weighted by Crippen LogP contribution is 2.31. The Bertz CT molecular complexity index is 1070. The van der Waals surface area contributed by atoms with Gasteiger partial charge in [0.05, 0.1) is 26.5 Å². The summed E-state index contributed by atoms with van der Waals surface area (Å²) in [5.41, 5.74) is 1.65.